The predicted octanol–water partition coefficient (Wildman–Crippen LogP) is 17.4. The molecule has 0 aliphatic heterocycles. The van der Waals surface area contributed by atoms with Crippen molar-refractivity contribution < 1.29 is 28.6 Å². The second kappa shape index (κ2) is 52.0. The molecule has 0 aliphatic carbocycles. The van der Waals surface area contributed by atoms with Gasteiger partial charge in [-0.05, 0) is 83.5 Å². The summed E-state index contributed by atoms with van der Waals surface area (Å²) in [7, 11) is 0. The van der Waals surface area contributed by atoms with E-state index in [9.17, 15) is 14.4 Å². The molecule has 0 aliphatic rings. The lowest BCUT2D eigenvalue weighted by molar-refractivity contribution is -0.166. The van der Waals surface area contributed by atoms with Gasteiger partial charge in [0.2, 0.25) is 0 Å². The molecule has 0 heterocycles. The Bertz CT molecular complexity index is 1300. The van der Waals surface area contributed by atoms with Crippen molar-refractivity contribution in [1.82, 2.24) is 0 Å². The number of carbonyl (C=O) groups excluding carboxylic acids is 3. The minimum Gasteiger partial charge on any atom is -0.462 e. The second-order valence-electron chi connectivity index (χ2n) is 17.2. The van der Waals surface area contributed by atoms with Crippen LogP contribution in [0.15, 0.2) is 97.2 Å². The minimum absolute atomic E-state index is 0.111. The molecule has 0 aromatic carbocycles. The maximum absolute atomic E-state index is 12.8. The number of allylic oxidation sites excluding steroid dienone is 16. The van der Waals surface area contributed by atoms with Crippen LogP contribution in [0, 0.1) is 0 Å². The highest BCUT2D eigenvalue weighted by Crippen LogP contribution is 2.13. The normalized spacial score (nSPS) is 12.9. The number of rotatable bonds is 46. The van der Waals surface area contributed by atoms with Crippen LogP contribution in [0.1, 0.15) is 233 Å². The van der Waals surface area contributed by atoms with Crippen LogP contribution < -0.4 is 0 Å². The van der Waals surface area contributed by atoms with E-state index in [1.807, 2.05) is 30.4 Å². The number of esters is 3. The summed E-state index contributed by atoms with van der Waals surface area (Å²) in [5.41, 5.74) is 0. The van der Waals surface area contributed by atoms with Gasteiger partial charge in [-0.1, -0.05) is 227 Å². The third-order valence-electron chi connectivity index (χ3n) is 10.9. The largest absolute Gasteiger partial charge is 0.462 e. The third kappa shape index (κ3) is 49.3. The fourth-order valence-corrected chi connectivity index (χ4v) is 6.93. The van der Waals surface area contributed by atoms with E-state index in [1.54, 1.807) is 0 Å². The second-order valence-corrected chi connectivity index (χ2v) is 17.2. The Morgan fingerprint density at radius 3 is 1.19 bits per heavy atom. The molecular formula is C58H96O6. The summed E-state index contributed by atoms with van der Waals surface area (Å²) >= 11 is 0. The molecule has 0 radical (unpaired) electrons. The van der Waals surface area contributed by atoms with E-state index < -0.39 is 6.10 Å². The minimum atomic E-state index is -0.813. The van der Waals surface area contributed by atoms with E-state index in [-0.39, 0.29) is 37.5 Å². The van der Waals surface area contributed by atoms with Gasteiger partial charge in [-0.3, -0.25) is 14.4 Å². The lowest BCUT2D eigenvalue weighted by Crippen LogP contribution is -2.30. The lowest BCUT2D eigenvalue weighted by atomic mass is 10.1. The number of hydrogen-bond acceptors (Lipinski definition) is 6. The Hall–Kier alpha value is -3.67. The number of carbonyl (C=O) groups is 3. The Kier molecular flexibility index (Phi) is 49.0. The standard InChI is InChI=1S/C58H96O6/c1-4-7-10-13-16-19-22-25-27-28-29-31-33-36-39-42-45-48-51-57(60)63-54-55(53-62-56(59)50-47-44-41-38-35-32-24-21-18-15-12-9-6-3)64-58(61)52-49-46-43-40-37-34-30-26-23-20-17-14-11-8-5-2/h10,13,16,19-20,22-23,25,27-29,31-32,35,41,44,55H,4-9,11-12,14-15,17-18,21,24,26,30,33-34,36-40,42-43,45-54H2,1-3H3/b13-10+,19-16+,23-20+,25-22+,28-27+,31-29+,35-32+,44-41+. The molecule has 0 bridgehead atoms. The van der Waals surface area contributed by atoms with E-state index in [0.717, 1.165) is 77.0 Å². The van der Waals surface area contributed by atoms with Crippen molar-refractivity contribution >= 4 is 17.9 Å². The van der Waals surface area contributed by atoms with Gasteiger partial charge >= 0.3 is 17.9 Å². The molecule has 0 saturated heterocycles. The molecule has 0 amide bonds. The van der Waals surface area contributed by atoms with Gasteiger partial charge < -0.3 is 14.2 Å². The summed E-state index contributed by atoms with van der Waals surface area (Å²) in [5, 5.41) is 0. The first-order valence-corrected chi connectivity index (χ1v) is 26.3. The molecule has 0 spiro atoms. The van der Waals surface area contributed by atoms with E-state index in [0.29, 0.717) is 19.3 Å². The first kappa shape index (κ1) is 60.3. The van der Waals surface area contributed by atoms with Crippen molar-refractivity contribution in [2.75, 3.05) is 13.2 Å². The smallest absolute Gasteiger partial charge is 0.306 e. The van der Waals surface area contributed by atoms with E-state index in [4.69, 9.17) is 14.2 Å². The molecule has 1 unspecified atom stereocenters. The summed E-state index contributed by atoms with van der Waals surface area (Å²) in [6.45, 7) is 6.44. The van der Waals surface area contributed by atoms with Crippen LogP contribution in [0.2, 0.25) is 0 Å². The lowest BCUT2D eigenvalue weighted by Gasteiger charge is -2.18. The zero-order valence-electron chi connectivity index (χ0n) is 41.5. The van der Waals surface area contributed by atoms with Crippen molar-refractivity contribution in [2.24, 2.45) is 0 Å². The fraction of sp³-hybridized carbons (Fsp3) is 0.672. The average molecular weight is 889 g/mol. The Morgan fingerprint density at radius 1 is 0.328 bits per heavy atom. The molecule has 0 fully saturated rings. The molecule has 0 aromatic rings. The van der Waals surface area contributed by atoms with E-state index >= 15 is 0 Å². The van der Waals surface area contributed by atoms with Crippen molar-refractivity contribution in [2.45, 2.75) is 239 Å². The molecule has 0 N–H and O–H groups in total. The highest BCUT2D eigenvalue weighted by Gasteiger charge is 2.19. The summed E-state index contributed by atoms with van der Waals surface area (Å²) in [4.78, 5) is 38.0. The maximum Gasteiger partial charge on any atom is 0.306 e. The topological polar surface area (TPSA) is 78.9 Å². The van der Waals surface area contributed by atoms with Gasteiger partial charge in [-0.2, -0.15) is 0 Å². The molecular weight excluding hydrogens is 793 g/mol. The quantitative estimate of drug-likeness (QED) is 0.0199. The maximum atomic E-state index is 12.8. The first-order chi connectivity index (χ1) is 31.5. The van der Waals surface area contributed by atoms with E-state index in [2.05, 4.69) is 87.6 Å². The molecule has 0 saturated carbocycles. The van der Waals surface area contributed by atoms with E-state index in [1.165, 1.54) is 109 Å². The zero-order chi connectivity index (χ0) is 46.5. The molecule has 64 heavy (non-hydrogen) atoms. The van der Waals surface area contributed by atoms with Gasteiger partial charge in [0.25, 0.3) is 0 Å². The van der Waals surface area contributed by atoms with Crippen LogP contribution in [0.25, 0.3) is 0 Å². The fourth-order valence-electron chi connectivity index (χ4n) is 6.93. The Balaban J connectivity index is 4.51. The van der Waals surface area contributed by atoms with Crippen LogP contribution in [-0.2, 0) is 28.6 Å². The summed E-state index contributed by atoms with van der Waals surface area (Å²) in [6, 6.07) is 0. The highest BCUT2D eigenvalue weighted by atomic mass is 16.6. The van der Waals surface area contributed by atoms with Gasteiger partial charge in [-0.25, -0.2) is 0 Å². The molecule has 6 heteroatoms. The van der Waals surface area contributed by atoms with Crippen molar-refractivity contribution in [3.05, 3.63) is 97.2 Å². The van der Waals surface area contributed by atoms with Crippen molar-refractivity contribution in [3.63, 3.8) is 0 Å². The first-order valence-electron chi connectivity index (χ1n) is 26.3. The summed E-state index contributed by atoms with van der Waals surface area (Å²) < 4.78 is 16.7. The van der Waals surface area contributed by atoms with Gasteiger partial charge in [0.05, 0.1) is 0 Å². The molecule has 6 nitrogen and oxygen atoms in total. The van der Waals surface area contributed by atoms with Crippen molar-refractivity contribution in [3.8, 4) is 0 Å². The van der Waals surface area contributed by atoms with Crippen molar-refractivity contribution in [1.29, 1.82) is 0 Å². The van der Waals surface area contributed by atoms with Crippen LogP contribution in [0.3, 0.4) is 0 Å². The van der Waals surface area contributed by atoms with Gasteiger partial charge in [-0.15, -0.1) is 0 Å². The molecule has 1 atom stereocenters. The zero-order valence-corrected chi connectivity index (χ0v) is 41.5. The third-order valence-corrected chi connectivity index (χ3v) is 10.9. The molecule has 0 aromatic heterocycles. The monoisotopic (exact) mass is 889 g/mol. The summed E-state index contributed by atoms with van der Waals surface area (Å²) in [5.74, 6) is -1.01. The van der Waals surface area contributed by atoms with Crippen LogP contribution in [0.5, 0.6) is 0 Å². The molecule has 0 rings (SSSR count). The van der Waals surface area contributed by atoms with Crippen LogP contribution in [-0.4, -0.2) is 37.2 Å². The number of hydrogen-bond donors (Lipinski definition) is 0. The predicted molar refractivity (Wildman–Crippen MR) is 274 cm³/mol. The van der Waals surface area contributed by atoms with Crippen LogP contribution in [0.4, 0.5) is 0 Å². The van der Waals surface area contributed by atoms with Gasteiger partial charge in [0.1, 0.15) is 13.2 Å². The average Bonchev–Trinajstić information content (AvgIpc) is 3.29. The highest BCUT2D eigenvalue weighted by molar-refractivity contribution is 5.71. The Labute approximate surface area is 394 Å². The van der Waals surface area contributed by atoms with Gasteiger partial charge in [0.15, 0.2) is 6.10 Å². The number of unbranched alkanes of at least 4 members (excludes halogenated alkanes) is 23. The van der Waals surface area contributed by atoms with Gasteiger partial charge in [0, 0.05) is 19.3 Å². The van der Waals surface area contributed by atoms with Crippen LogP contribution >= 0.6 is 0 Å². The number of ether oxygens (including phenoxy) is 3. The SMILES string of the molecule is CCC/C=C/C=C/C=C/C=C/C=C/CCCCCCCC(=O)OCC(COC(=O)CC/C=C/C/C=C/CCCCCCCC)OC(=O)CCCCCCCCC/C=C/CCCCCC. The summed E-state index contributed by atoms with van der Waals surface area (Å²) in [6.07, 6.45) is 68.2. The Morgan fingerprint density at radius 2 is 0.688 bits per heavy atom. The molecule has 364 valence electrons.